The number of rotatable bonds is 4. The number of aromatic amines is 1. The molecule has 0 amide bonds. The Morgan fingerprint density at radius 2 is 2.17 bits per heavy atom. The summed E-state index contributed by atoms with van der Waals surface area (Å²) in [6.07, 6.45) is 0.473. The molecule has 0 aliphatic carbocycles. The third kappa shape index (κ3) is 2.24. The highest BCUT2D eigenvalue weighted by Gasteiger charge is 2.19. The minimum Gasteiger partial charge on any atom is -0.481 e. The zero-order chi connectivity index (χ0) is 13.3. The molecule has 0 aliphatic heterocycles. The fourth-order valence-electron chi connectivity index (χ4n) is 2.29. The fraction of sp³-hybridized carbons (Fsp3) is 0.357. The van der Waals surface area contributed by atoms with Gasteiger partial charge < -0.3 is 15.8 Å². The third-order valence-corrected chi connectivity index (χ3v) is 3.36. The summed E-state index contributed by atoms with van der Waals surface area (Å²) in [7, 11) is 0. The average molecular weight is 246 g/mol. The molecule has 1 heterocycles. The second kappa shape index (κ2) is 4.82. The van der Waals surface area contributed by atoms with Gasteiger partial charge in [-0.3, -0.25) is 4.79 Å². The highest BCUT2D eigenvalue weighted by molar-refractivity contribution is 5.86. The molecule has 4 nitrogen and oxygen atoms in total. The second-order valence-electron chi connectivity index (χ2n) is 4.75. The number of nitrogens with two attached hydrogens (primary N) is 1. The number of aromatic nitrogens is 1. The maximum atomic E-state index is 11.1. The van der Waals surface area contributed by atoms with Crippen LogP contribution in [0.15, 0.2) is 18.2 Å². The van der Waals surface area contributed by atoms with Crippen LogP contribution in [0, 0.1) is 19.8 Å². The normalized spacial score (nSPS) is 12.8. The minimum atomic E-state index is -0.835. The van der Waals surface area contributed by atoms with Gasteiger partial charge in [-0.1, -0.05) is 12.1 Å². The van der Waals surface area contributed by atoms with Gasteiger partial charge in [0.25, 0.3) is 0 Å². The molecule has 0 radical (unpaired) electrons. The number of carboxylic acids is 1. The van der Waals surface area contributed by atoms with Crippen LogP contribution in [0.5, 0.6) is 0 Å². The lowest BCUT2D eigenvalue weighted by atomic mass is 9.97. The van der Waals surface area contributed by atoms with E-state index in [1.165, 1.54) is 5.56 Å². The van der Waals surface area contributed by atoms with Crippen LogP contribution < -0.4 is 5.73 Å². The van der Waals surface area contributed by atoms with Gasteiger partial charge in [-0.05, 0) is 37.5 Å². The molecule has 0 aliphatic rings. The number of carbonyl (C=O) groups is 1. The summed E-state index contributed by atoms with van der Waals surface area (Å²) >= 11 is 0. The van der Waals surface area contributed by atoms with Crippen LogP contribution >= 0.6 is 0 Å². The Bertz CT molecular complexity index is 587. The van der Waals surface area contributed by atoms with Crippen molar-refractivity contribution in [3.05, 3.63) is 35.0 Å². The molecule has 1 aromatic heterocycles. The van der Waals surface area contributed by atoms with Gasteiger partial charge in [0.15, 0.2) is 0 Å². The van der Waals surface area contributed by atoms with E-state index in [0.29, 0.717) is 6.42 Å². The predicted octanol–water partition coefficient (Wildman–Crippen LogP) is 1.99. The first kappa shape index (κ1) is 12.6. The zero-order valence-electron chi connectivity index (χ0n) is 10.7. The molecule has 1 atom stereocenters. The topological polar surface area (TPSA) is 79.1 Å². The van der Waals surface area contributed by atoms with Crippen LogP contribution in [0.4, 0.5) is 0 Å². The van der Waals surface area contributed by atoms with Crippen LogP contribution in [0.2, 0.25) is 0 Å². The van der Waals surface area contributed by atoms with Crippen LogP contribution in [0.1, 0.15) is 16.8 Å². The monoisotopic (exact) mass is 246 g/mol. The molecular weight excluding hydrogens is 228 g/mol. The Morgan fingerprint density at radius 3 is 2.78 bits per heavy atom. The van der Waals surface area contributed by atoms with E-state index in [4.69, 9.17) is 10.8 Å². The molecule has 1 aromatic carbocycles. The van der Waals surface area contributed by atoms with Gasteiger partial charge in [-0.2, -0.15) is 0 Å². The first-order chi connectivity index (χ1) is 8.52. The van der Waals surface area contributed by atoms with Crippen molar-refractivity contribution in [1.29, 1.82) is 0 Å². The highest BCUT2D eigenvalue weighted by Crippen LogP contribution is 2.25. The number of aryl methyl sites for hydroxylation is 2. The Balaban J connectivity index is 2.44. The maximum Gasteiger partial charge on any atom is 0.308 e. The van der Waals surface area contributed by atoms with Crippen LogP contribution in [0.3, 0.4) is 0 Å². The van der Waals surface area contributed by atoms with E-state index >= 15 is 0 Å². The van der Waals surface area contributed by atoms with Gasteiger partial charge in [-0.15, -0.1) is 0 Å². The number of hydrogen-bond donors (Lipinski definition) is 3. The van der Waals surface area contributed by atoms with E-state index in [9.17, 15) is 4.79 Å². The van der Waals surface area contributed by atoms with Crippen LogP contribution in [0.25, 0.3) is 10.9 Å². The summed E-state index contributed by atoms with van der Waals surface area (Å²) < 4.78 is 0. The van der Waals surface area contributed by atoms with Crippen molar-refractivity contribution < 1.29 is 9.90 Å². The van der Waals surface area contributed by atoms with Crippen molar-refractivity contribution >= 4 is 16.9 Å². The predicted molar refractivity (Wildman–Crippen MR) is 71.7 cm³/mol. The molecule has 96 valence electrons. The molecular formula is C14H18N2O2. The van der Waals surface area contributed by atoms with E-state index in [1.807, 2.05) is 26.0 Å². The van der Waals surface area contributed by atoms with Gasteiger partial charge in [0.05, 0.1) is 5.92 Å². The van der Waals surface area contributed by atoms with Crippen LogP contribution in [-0.4, -0.2) is 22.6 Å². The van der Waals surface area contributed by atoms with Gasteiger partial charge >= 0.3 is 5.97 Å². The lowest BCUT2D eigenvalue weighted by Crippen LogP contribution is -2.25. The van der Waals surface area contributed by atoms with E-state index in [-0.39, 0.29) is 6.54 Å². The van der Waals surface area contributed by atoms with Crippen molar-refractivity contribution in [2.75, 3.05) is 6.54 Å². The van der Waals surface area contributed by atoms with Crippen molar-refractivity contribution in [2.45, 2.75) is 20.3 Å². The summed E-state index contributed by atoms with van der Waals surface area (Å²) in [5.74, 6) is -1.36. The number of hydrogen-bond acceptors (Lipinski definition) is 2. The molecule has 4 heteroatoms. The molecule has 0 fully saturated rings. The van der Waals surface area contributed by atoms with E-state index < -0.39 is 11.9 Å². The maximum absolute atomic E-state index is 11.1. The SMILES string of the molecule is Cc1ccc2c(CC(CN)C(=O)O)c(C)[nH]c2c1. The van der Waals surface area contributed by atoms with E-state index in [1.54, 1.807) is 0 Å². The largest absolute Gasteiger partial charge is 0.481 e. The summed E-state index contributed by atoms with van der Waals surface area (Å²) in [6, 6.07) is 6.15. The summed E-state index contributed by atoms with van der Waals surface area (Å²) in [5.41, 5.74) is 9.84. The second-order valence-corrected chi connectivity index (χ2v) is 4.75. The first-order valence-corrected chi connectivity index (χ1v) is 6.03. The lowest BCUT2D eigenvalue weighted by Gasteiger charge is -2.09. The number of carboxylic acid groups (broad SMARTS) is 1. The molecule has 1 unspecified atom stereocenters. The standard InChI is InChI=1S/C14H18N2O2/c1-8-3-4-11-12(6-10(7-15)14(17)18)9(2)16-13(11)5-8/h3-5,10,16H,6-7,15H2,1-2H3,(H,17,18). The lowest BCUT2D eigenvalue weighted by molar-refractivity contribution is -0.141. The molecule has 0 bridgehead atoms. The molecule has 0 spiro atoms. The number of benzene rings is 1. The Kier molecular flexibility index (Phi) is 3.39. The molecule has 2 aromatic rings. The van der Waals surface area contributed by atoms with Crippen molar-refractivity contribution in [1.82, 2.24) is 4.98 Å². The van der Waals surface area contributed by atoms with Crippen molar-refractivity contribution in [3.63, 3.8) is 0 Å². The highest BCUT2D eigenvalue weighted by atomic mass is 16.4. The van der Waals surface area contributed by atoms with E-state index in [0.717, 1.165) is 22.2 Å². The average Bonchev–Trinajstić information content (AvgIpc) is 2.60. The number of fused-ring (bicyclic) bond motifs is 1. The fourth-order valence-corrected chi connectivity index (χ4v) is 2.29. The van der Waals surface area contributed by atoms with Gasteiger partial charge in [-0.25, -0.2) is 0 Å². The van der Waals surface area contributed by atoms with Gasteiger partial charge in [0, 0.05) is 23.1 Å². The molecule has 2 rings (SSSR count). The molecule has 0 saturated heterocycles. The Hall–Kier alpha value is -1.81. The number of nitrogens with one attached hydrogen (secondary N) is 1. The number of aliphatic carboxylic acids is 1. The smallest absolute Gasteiger partial charge is 0.308 e. The quantitative estimate of drug-likeness (QED) is 0.771. The van der Waals surface area contributed by atoms with Crippen molar-refractivity contribution in [2.24, 2.45) is 11.7 Å². The van der Waals surface area contributed by atoms with Gasteiger partial charge in [0.2, 0.25) is 0 Å². The zero-order valence-corrected chi connectivity index (χ0v) is 10.7. The Morgan fingerprint density at radius 1 is 1.44 bits per heavy atom. The van der Waals surface area contributed by atoms with Crippen LogP contribution in [-0.2, 0) is 11.2 Å². The summed E-state index contributed by atoms with van der Waals surface area (Å²) in [6.45, 7) is 4.17. The number of H-pyrrole nitrogens is 1. The minimum absolute atomic E-state index is 0.160. The third-order valence-electron chi connectivity index (χ3n) is 3.36. The summed E-state index contributed by atoms with van der Waals surface area (Å²) in [4.78, 5) is 14.4. The summed E-state index contributed by atoms with van der Waals surface area (Å²) in [5, 5.41) is 10.2. The van der Waals surface area contributed by atoms with Gasteiger partial charge in [0.1, 0.15) is 0 Å². The Labute approximate surface area is 106 Å². The molecule has 4 N–H and O–H groups in total. The molecule has 18 heavy (non-hydrogen) atoms. The molecule has 0 saturated carbocycles. The van der Waals surface area contributed by atoms with E-state index in [2.05, 4.69) is 11.1 Å². The van der Waals surface area contributed by atoms with Crippen molar-refractivity contribution in [3.8, 4) is 0 Å². The first-order valence-electron chi connectivity index (χ1n) is 6.03.